The third kappa shape index (κ3) is 3.73. The Morgan fingerprint density at radius 1 is 1.11 bits per heavy atom. The molecule has 1 aromatic heterocycles. The Balaban J connectivity index is 1.64. The lowest BCUT2D eigenvalue weighted by molar-refractivity contribution is 0.402. The number of aromatic hydroxyl groups is 1. The highest BCUT2D eigenvalue weighted by Crippen LogP contribution is 2.43. The molecule has 1 unspecified atom stereocenters. The maximum absolute atomic E-state index is 13.8. The number of para-hydroxylation sites is 1. The molecule has 2 aliphatic rings. The molecule has 7 heteroatoms. The van der Waals surface area contributed by atoms with Crippen LogP contribution >= 0.6 is 33.9 Å². The van der Waals surface area contributed by atoms with Gasteiger partial charge in [0.15, 0.2) is 4.80 Å². The number of phenols is 1. The Kier molecular flexibility index (Phi) is 5.61. The predicted octanol–water partition coefficient (Wildman–Crippen LogP) is 4.64. The minimum Gasteiger partial charge on any atom is -0.507 e. The number of fused-ring (bicyclic) bond motifs is 3. The number of halogens is 1. The number of hydrogen-bond acceptors (Lipinski definition) is 5. The number of benzene rings is 3. The molecule has 0 saturated heterocycles. The van der Waals surface area contributed by atoms with Gasteiger partial charge in [0.2, 0.25) is 0 Å². The van der Waals surface area contributed by atoms with Crippen molar-refractivity contribution >= 4 is 45.7 Å². The van der Waals surface area contributed by atoms with Crippen LogP contribution in [0.25, 0.3) is 11.8 Å². The average molecular weight is 592 g/mol. The van der Waals surface area contributed by atoms with E-state index in [-0.39, 0.29) is 17.4 Å². The molecule has 35 heavy (non-hydrogen) atoms. The van der Waals surface area contributed by atoms with Crippen molar-refractivity contribution in [2.45, 2.75) is 18.9 Å². The van der Waals surface area contributed by atoms with Crippen LogP contribution < -0.4 is 19.6 Å². The summed E-state index contributed by atoms with van der Waals surface area (Å²) >= 11 is 3.49. The molecule has 6 rings (SSSR count). The van der Waals surface area contributed by atoms with Crippen LogP contribution in [0, 0.1) is 3.57 Å². The second-order valence-corrected chi connectivity index (χ2v) is 10.7. The number of hydrogen-bond donors (Lipinski definition) is 1. The summed E-state index contributed by atoms with van der Waals surface area (Å²) in [6.07, 6.45) is 3.62. The Morgan fingerprint density at radius 2 is 1.91 bits per heavy atom. The molecule has 1 aliphatic carbocycles. The summed E-state index contributed by atoms with van der Waals surface area (Å²) in [5, 5.41) is 9.89. The molecule has 174 valence electrons. The minimum atomic E-state index is -0.284. The van der Waals surface area contributed by atoms with Gasteiger partial charge in [0.25, 0.3) is 5.56 Å². The quantitative estimate of drug-likeness (QED) is 0.353. The molecule has 2 heterocycles. The van der Waals surface area contributed by atoms with Crippen molar-refractivity contribution in [1.29, 1.82) is 0 Å². The Morgan fingerprint density at radius 3 is 2.74 bits per heavy atom. The van der Waals surface area contributed by atoms with Gasteiger partial charge in [-0.05, 0) is 76.4 Å². The van der Waals surface area contributed by atoms with E-state index in [1.807, 2.05) is 53.1 Å². The van der Waals surface area contributed by atoms with Gasteiger partial charge < -0.3 is 9.84 Å². The first-order valence-electron chi connectivity index (χ1n) is 11.3. The Hall–Kier alpha value is -3.17. The van der Waals surface area contributed by atoms with Crippen LogP contribution in [0.5, 0.6) is 11.5 Å². The molecule has 0 saturated carbocycles. The number of methoxy groups -OCH3 is 1. The van der Waals surface area contributed by atoms with E-state index >= 15 is 0 Å². The normalized spacial score (nSPS) is 16.9. The van der Waals surface area contributed by atoms with Gasteiger partial charge in [0.05, 0.1) is 27.0 Å². The lowest BCUT2D eigenvalue weighted by atomic mass is 9.83. The van der Waals surface area contributed by atoms with Crippen molar-refractivity contribution in [2.24, 2.45) is 4.99 Å². The first-order valence-corrected chi connectivity index (χ1v) is 13.2. The third-order valence-corrected chi connectivity index (χ3v) is 8.42. The Labute approximate surface area is 219 Å². The molecule has 0 bridgehead atoms. The summed E-state index contributed by atoms with van der Waals surface area (Å²) in [5.41, 5.74) is 6.29. The number of rotatable bonds is 3. The van der Waals surface area contributed by atoms with Crippen molar-refractivity contribution in [3.8, 4) is 11.5 Å². The van der Waals surface area contributed by atoms with E-state index in [1.165, 1.54) is 16.9 Å². The van der Waals surface area contributed by atoms with Crippen LogP contribution in [-0.4, -0.2) is 16.8 Å². The van der Waals surface area contributed by atoms with Gasteiger partial charge in [-0.1, -0.05) is 59.9 Å². The number of aryl methyl sites for hydroxylation is 1. The summed E-state index contributed by atoms with van der Waals surface area (Å²) in [4.78, 5) is 19.6. The fraction of sp³-hybridized carbons (Fsp3) is 0.143. The van der Waals surface area contributed by atoms with Crippen LogP contribution in [0.1, 0.15) is 34.7 Å². The molecule has 0 amide bonds. The molecular weight excluding hydrogens is 571 g/mol. The van der Waals surface area contributed by atoms with Crippen molar-refractivity contribution in [3.63, 3.8) is 0 Å². The lowest BCUT2D eigenvalue weighted by Gasteiger charge is -2.31. The van der Waals surface area contributed by atoms with E-state index in [0.717, 1.165) is 50.1 Å². The number of ether oxygens (including phenoxy) is 1. The molecule has 5 nitrogen and oxygen atoms in total. The van der Waals surface area contributed by atoms with Crippen molar-refractivity contribution in [1.82, 2.24) is 4.57 Å². The van der Waals surface area contributed by atoms with Gasteiger partial charge in [-0.25, -0.2) is 4.99 Å². The van der Waals surface area contributed by atoms with E-state index in [1.54, 1.807) is 13.2 Å². The summed E-state index contributed by atoms with van der Waals surface area (Å²) in [6, 6.07) is 21.4. The van der Waals surface area contributed by atoms with E-state index < -0.39 is 0 Å². The molecule has 3 aromatic carbocycles. The fourth-order valence-corrected chi connectivity index (χ4v) is 6.50. The molecule has 1 N–H and O–H groups in total. The van der Waals surface area contributed by atoms with Gasteiger partial charge in [-0.3, -0.25) is 9.36 Å². The van der Waals surface area contributed by atoms with Crippen LogP contribution in [-0.2, 0) is 6.42 Å². The fourth-order valence-electron chi connectivity index (χ4n) is 4.96. The van der Waals surface area contributed by atoms with Gasteiger partial charge in [0, 0.05) is 11.1 Å². The Bertz CT molecular complexity index is 1700. The zero-order valence-corrected chi connectivity index (χ0v) is 21.8. The molecule has 4 aromatic rings. The van der Waals surface area contributed by atoms with Crippen LogP contribution in [0.3, 0.4) is 0 Å². The minimum absolute atomic E-state index is 0.0712. The van der Waals surface area contributed by atoms with Gasteiger partial charge in [-0.2, -0.15) is 0 Å². The number of nitrogens with zero attached hydrogens (tertiary/aromatic N) is 2. The lowest BCUT2D eigenvalue weighted by Crippen LogP contribution is -2.39. The topological polar surface area (TPSA) is 63.8 Å². The van der Waals surface area contributed by atoms with Crippen LogP contribution in [0.2, 0.25) is 0 Å². The number of aromatic nitrogens is 1. The van der Waals surface area contributed by atoms with E-state index in [9.17, 15) is 9.90 Å². The van der Waals surface area contributed by atoms with Crippen LogP contribution in [0.4, 0.5) is 0 Å². The summed E-state index contributed by atoms with van der Waals surface area (Å²) in [7, 11) is 1.67. The molecule has 1 aliphatic heterocycles. The second kappa shape index (κ2) is 8.80. The number of thiazole rings is 1. The molecule has 0 radical (unpaired) electrons. The smallest absolute Gasteiger partial charge is 0.271 e. The largest absolute Gasteiger partial charge is 0.507 e. The van der Waals surface area contributed by atoms with E-state index in [2.05, 4.69) is 40.8 Å². The zero-order valence-electron chi connectivity index (χ0n) is 18.9. The van der Waals surface area contributed by atoms with Crippen molar-refractivity contribution < 1.29 is 9.84 Å². The SMILES string of the molecule is COc1ccccc1C1C2=C(N=c3sc(=Cc4ccc(O)c(I)c4)c(=O)n31)c1ccccc1CC2. The second-order valence-electron chi connectivity index (χ2n) is 8.57. The van der Waals surface area contributed by atoms with E-state index in [0.29, 0.717) is 9.33 Å². The van der Waals surface area contributed by atoms with Gasteiger partial charge in [-0.15, -0.1) is 0 Å². The standard InChI is InChI=1S/C28H21IN2O3S/c1-34-23-9-5-4-8-19(23)26-20-12-11-17-6-2-3-7-18(17)25(20)30-28-31(26)27(33)24(35-28)15-16-10-13-22(32)21(29)14-16/h2-10,13-15,26,32H,11-12H2,1H3. The van der Waals surface area contributed by atoms with Gasteiger partial charge >= 0.3 is 0 Å². The van der Waals surface area contributed by atoms with E-state index in [4.69, 9.17) is 9.73 Å². The first-order chi connectivity index (χ1) is 17.0. The highest BCUT2D eigenvalue weighted by molar-refractivity contribution is 14.1. The molecule has 0 spiro atoms. The maximum atomic E-state index is 13.8. The third-order valence-electron chi connectivity index (χ3n) is 6.58. The highest BCUT2D eigenvalue weighted by atomic mass is 127. The monoisotopic (exact) mass is 592 g/mol. The molecule has 0 fully saturated rings. The summed E-state index contributed by atoms with van der Waals surface area (Å²) in [5.74, 6) is 0.986. The summed E-state index contributed by atoms with van der Waals surface area (Å²) < 4.78 is 8.91. The van der Waals surface area contributed by atoms with Crippen molar-refractivity contribution in [3.05, 3.63) is 118 Å². The zero-order chi connectivity index (χ0) is 24.1. The average Bonchev–Trinajstić information content (AvgIpc) is 3.19. The van der Waals surface area contributed by atoms with Gasteiger partial charge in [0.1, 0.15) is 11.5 Å². The highest BCUT2D eigenvalue weighted by Gasteiger charge is 2.33. The summed E-state index contributed by atoms with van der Waals surface area (Å²) in [6.45, 7) is 0. The van der Waals surface area contributed by atoms with Crippen LogP contribution in [0.15, 0.2) is 82.1 Å². The number of allylic oxidation sites excluding steroid dienone is 1. The molecule has 1 atom stereocenters. The maximum Gasteiger partial charge on any atom is 0.271 e. The first kappa shape index (κ1) is 22.3. The predicted molar refractivity (Wildman–Crippen MR) is 147 cm³/mol. The molecular formula is C28H21IN2O3S. The van der Waals surface area contributed by atoms with Crippen molar-refractivity contribution in [2.75, 3.05) is 7.11 Å². The number of phenolic OH excluding ortho intramolecular Hbond substituents is 1.